The predicted octanol–water partition coefficient (Wildman–Crippen LogP) is 5.07. The fraction of sp³-hybridized carbons (Fsp3) is 0.357. The number of methoxy groups -OCH3 is 1. The second kappa shape index (κ2) is 9.48. The average molecular weight is 523 g/mol. The molecule has 2 aliphatic rings. The molecule has 1 aliphatic heterocycles. The Labute approximate surface area is 221 Å². The first kappa shape index (κ1) is 24.7. The van der Waals surface area contributed by atoms with Gasteiger partial charge in [-0.2, -0.15) is 0 Å². The molecule has 0 saturated carbocycles. The summed E-state index contributed by atoms with van der Waals surface area (Å²) in [5.41, 5.74) is 10.7. The van der Waals surface area contributed by atoms with E-state index in [-0.39, 0.29) is 27.1 Å². The van der Waals surface area contributed by atoms with Crippen molar-refractivity contribution < 1.29 is 4.74 Å². The van der Waals surface area contributed by atoms with Crippen LogP contribution >= 0.6 is 23.2 Å². The highest BCUT2D eigenvalue weighted by molar-refractivity contribution is 6.44. The van der Waals surface area contributed by atoms with Crippen LogP contribution in [-0.4, -0.2) is 29.8 Å². The zero-order chi connectivity index (χ0) is 25.6. The number of fused-ring (bicyclic) bond motifs is 1. The van der Waals surface area contributed by atoms with Gasteiger partial charge in [0.2, 0.25) is 0 Å². The minimum Gasteiger partial charge on any atom is -0.495 e. The van der Waals surface area contributed by atoms with E-state index >= 15 is 0 Å². The molecule has 1 saturated heterocycles. The minimum atomic E-state index is -0.213. The number of piperidine rings is 1. The number of aryl methyl sites for hydroxylation is 1. The summed E-state index contributed by atoms with van der Waals surface area (Å²) in [4.78, 5) is 20.1. The largest absolute Gasteiger partial charge is 0.495 e. The van der Waals surface area contributed by atoms with E-state index in [1.54, 1.807) is 25.1 Å². The molecule has 3 aromatic rings. The smallest absolute Gasteiger partial charge is 0.260 e. The Balaban J connectivity index is 1.38. The van der Waals surface area contributed by atoms with Crippen LogP contribution in [0.15, 0.2) is 41.2 Å². The first-order chi connectivity index (χ1) is 17.3. The van der Waals surface area contributed by atoms with Gasteiger partial charge in [0.05, 0.1) is 17.8 Å². The first-order valence-corrected chi connectivity index (χ1v) is 12.7. The summed E-state index contributed by atoms with van der Waals surface area (Å²) in [6.07, 6.45) is 2.84. The lowest BCUT2D eigenvalue weighted by atomic mass is 9.73. The van der Waals surface area contributed by atoms with E-state index < -0.39 is 0 Å². The van der Waals surface area contributed by atoms with Crippen LogP contribution in [0.4, 0.5) is 5.82 Å². The summed E-state index contributed by atoms with van der Waals surface area (Å²) in [5, 5.41) is 0.509. The number of nitrogens with zero attached hydrogens (tertiary/aromatic N) is 3. The molecule has 1 spiro atoms. The van der Waals surface area contributed by atoms with E-state index in [1.165, 1.54) is 22.8 Å². The second-order valence-corrected chi connectivity index (χ2v) is 10.3. The summed E-state index contributed by atoms with van der Waals surface area (Å²) < 4.78 is 6.69. The summed E-state index contributed by atoms with van der Waals surface area (Å²) in [5.74, 6) is 7.77. The fourth-order valence-corrected chi connectivity index (χ4v) is 6.12. The Kier molecular flexibility index (Phi) is 6.50. The molecule has 2 N–H and O–H groups in total. The van der Waals surface area contributed by atoms with Crippen LogP contribution in [-0.2, 0) is 6.42 Å². The molecule has 6 nitrogen and oxygen atoms in total. The average Bonchev–Trinajstić information content (AvgIpc) is 3.12. The van der Waals surface area contributed by atoms with E-state index in [4.69, 9.17) is 38.7 Å². The van der Waals surface area contributed by atoms with Gasteiger partial charge < -0.3 is 15.4 Å². The van der Waals surface area contributed by atoms with Gasteiger partial charge in [0.15, 0.2) is 0 Å². The van der Waals surface area contributed by atoms with E-state index in [0.29, 0.717) is 23.1 Å². The monoisotopic (exact) mass is 522 g/mol. The molecule has 0 radical (unpaired) electrons. The highest BCUT2D eigenvalue weighted by atomic mass is 35.5. The van der Waals surface area contributed by atoms with Crippen molar-refractivity contribution in [2.45, 2.75) is 39.2 Å². The maximum atomic E-state index is 13.2. The number of hydrogen-bond acceptors (Lipinski definition) is 5. The molecule has 36 heavy (non-hydrogen) atoms. The van der Waals surface area contributed by atoms with E-state index in [0.717, 1.165) is 37.9 Å². The van der Waals surface area contributed by atoms with Crippen LogP contribution in [0.25, 0.3) is 5.69 Å². The zero-order valence-electron chi connectivity index (χ0n) is 20.6. The van der Waals surface area contributed by atoms with Crippen molar-refractivity contribution in [3.63, 3.8) is 0 Å². The molecule has 0 bridgehead atoms. The van der Waals surface area contributed by atoms with Gasteiger partial charge in [0.25, 0.3) is 5.56 Å². The molecule has 1 fully saturated rings. The molecule has 1 atom stereocenters. The molecule has 1 aliphatic carbocycles. The third-order valence-corrected chi connectivity index (χ3v) is 8.45. The third kappa shape index (κ3) is 4.06. The number of hydrogen-bond donors (Lipinski definition) is 1. The quantitative estimate of drug-likeness (QED) is 0.486. The molecule has 2 aromatic carbocycles. The molecule has 8 heteroatoms. The predicted molar refractivity (Wildman–Crippen MR) is 145 cm³/mol. The van der Waals surface area contributed by atoms with Crippen LogP contribution < -0.4 is 20.9 Å². The Hall–Kier alpha value is -2.98. The van der Waals surface area contributed by atoms with Crippen molar-refractivity contribution in [2.24, 2.45) is 11.1 Å². The van der Waals surface area contributed by atoms with E-state index in [1.807, 2.05) is 6.92 Å². The number of anilines is 1. The first-order valence-electron chi connectivity index (χ1n) is 12.0. The lowest BCUT2D eigenvalue weighted by Crippen LogP contribution is -2.45. The van der Waals surface area contributed by atoms with Crippen molar-refractivity contribution in [2.75, 3.05) is 25.1 Å². The molecule has 0 amide bonds. The van der Waals surface area contributed by atoms with Gasteiger partial charge in [0, 0.05) is 30.8 Å². The van der Waals surface area contributed by atoms with Crippen molar-refractivity contribution in [1.29, 1.82) is 0 Å². The minimum absolute atomic E-state index is 0.0158. The standard InChI is InChI=1S/C28H28Cl2N4O2/c1-4-5-18-6-7-19-16-28(27(31)20(19)14-18)10-12-33(13-11-28)23-15-24(35)34(17(2)32-23)21-8-9-22(36-3)26(30)25(21)29/h6-9,14-15,27H,10-13,16,31H2,1-3H3/t27-/m1/s1. The lowest BCUT2D eigenvalue weighted by molar-refractivity contribution is 0.187. The molecular weight excluding hydrogens is 495 g/mol. The van der Waals surface area contributed by atoms with Crippen molar-refractivity contribution >= 4 is 29.0 Å². The van der Waals surface area contributed by atoms with Crippen molar-refractivity contribution in [3.8, 4) is 23.3 Å². The van der Waals surface area contributed by atoms with Crippen LogP contribution in [0, 0.1) is 24.2 Å². The Bertz CT molecular complexity index is 1460. The fourth-order valence-electron chi connectivity index (χ4n) is 5.65. The lowest BCUT2D eigenvalue weighted by Gasteiger charge is -2.42. The third-order valence-electron chi connectivity index (χ3n) is 7.60. The van der Waals surface area contributed by atoms with Gasteiger partial charge in [-0.05, 0) is 73.9 Å². The number of nitrogens with two attached hydrogens (primary N) is 1. The van der Waals surface area contributed by atoms with E-state index in [9.17, 15) is 4.79 Å². The highest BCUT2D eigenvalue weighted by Crippen LogP contribution is 2.51. The second-order valence-electron chi connectivity index (χ2n) is 9.54. The molecular formula is C28H28Cl2N4O2. The SMILES string of the molecule is CC#Cc1ccc2c(c1)[C@@H](N)C1(CCN(c3cc(=O)n(-c4ccc(OC)c(Cl)c4Cl)c(C)n3)CC1)C2. The Morgan fingerprint density at radius 1 is 1.14 bits per heavy atom. The maximum absolute atomic E-state index is 13.2. The number of ether oxygens (including phenoxy) is 1. The van der Waals surface area contributed by atoms with Gasteiger partial charge in [-0.25, -0.2) is 4.98 Å². The van der Waals surface area contributed by atoms with Gasteiger partial charge in [-0.1, -0.05) is 35.2 Å². The number of aromatic nitrogens is 2. The number of rotatable bonds is 3. The van der Waals surface area contributed by atoms with Crippen LogP contribution in [0.3, 0.4) is 0 Å². The van der Waals surface area contributed by atoms with Gasteiger partial charge in [0.1, 0.15) is 22.4 Å². The van der Waals surface area contributed by atoms with Crippen molar-refractivity contribution in [1.82, 2.24) is 9.55 Å². The molecule has 186 valence electrons. The summed E-state index contributed by atoms with van der Waals surface area (Å²) in [6.45, 7) is 5.22. The highest BCUT2D eigenvalue weighted by Gasteiger charge is 2.46. The normalized spacial score (nSPS) is 18.1. The van der Waals surface area contributed by atoms with Crippen molar-refractivity contribution in [3.05, 3.63) is 79.3 Å². The van der Waals surface area contributed by atoms with Gasteiger partial charge in [-0.3, -0.25) is 9.36 Å². The number of benzene rings is 2. The number of halogens is 2. The van der Waals surface area contributed by atoms with Gasteiger partial charge in [-0.15, -0.1) is 5.92 Å². The molecule has 5 rings (SSSR count). The molecule has 0 unspecified atom stereocenters. The maximum Gasteiger partial charge on any atom is 0.260 e. The molecule has 2 heterocycles. The summed E-state index contributed by atoms with van der Waals surface area (Å²) in [7, 11) is 1.52. The summed E-state index contributed by atoms with van der Waals surface area (Å²) in [6, 6.07) is 11.4. The molecule has 1 aromatic heterocycles. The Morgan fingerprint density at radius 2 is 1.89 bits per heavy atom. The topological polar surface area (TPSA) is 73.4 Å². The zero-order valence-corrected chi connectivity index (χ0v) is 22.1. The van der Waals surface area contributed by atoms with Crippen LogP contribution in [0.2, 0.25) is 10.0 Å². The Morgan fingerprint density at radius 3 is 2.56 bits per heavy atom. The van der Waals surface area contributed by atoms with Gasteiger partial charge >= 0.3 is 0 Å². The van der Waals surface area contributed by atoms with Crippen LogP contribution in [0.5, 0.6) is 5.75 Å². The summed E-state index contributed by atoms with van der Waals surface area (Å²) >= 11 is 12.8. The van der Waals surface area contributed by atoms with E-state index in [2.05, 4.69) is 34.9 Å². The van der Waals surface area contributed by atoms with Crippen LogP contribution in [0.1, 0.15) is 48.3 Å².